The summed E-state index contributed by atoms with van der Waals surface area (Å²) >= 11 is 0. The minimum atomic E-state index is -1.90. The summed E-state index contributed by atoms with van der Waals surface area (Å²) in [5.41, 5.74) is 0. The van der Waals surface area contributed by atoms with Crippen LogP contribution >= 0.6 is 0 Å². The Kier molecular flexibility index (Phi) is 5.16. The van der Waals surface area contributed by atoms with Gasteiger partial charge >= 0.3 is 0 Å². The van der Waals surface area contributed by atoms with Crippen LogP contribution in [0.3, 0.4) is 0 Å². The van der Waals surface area contributed by atoms with E-state index < -0.39 is 14.1 Å². The molecule has 0 radical (unpaired) electrons. The second-order valence-electron chi connectivity index (χ2n) is 8.59. The van der Waals surface area contributed by atoms with Gasteiger partial charge in [0.15, 0.2) is 14.1 Å². The van der Waals surface area contributed by atoms with Gasteiger partial charge in [0.1, 0.15) is 6.10 Å². The quantitative estimate of drug-likeness (QED) is 0.804. The van der Waals surface area contributed by atoms with Crippen LogP contribution in [0.5, 0.6) is 0 Å². The van der Waals surface area contributed by atoms with Crippen molar-refractivity contribution in [2.75, 3.05) is 13.2 Å². The normalized spacial score (nSPS) is 40.4. The van der Waals surface area contributed by atoms with Crippen molar-refractivity contribution in [3.05, 3.63) is 0 Å². The Bertz CT molecular complexity index is 383. The van der Waals surface area contributed by atoms with Gasteiger partial charge in [-0.25, -0.2) is 0 Å². The first-order valence-corrected chi connectivity index (χ1v) is 11.6. The highest BCUT2D eigenvalue weighted by atomic mass is 28.4. The summed E-state index contributed by atoms with van der Waals surface area (Å²) in [6, 6.07) is 0. The van der Waals surface area contributed by atoms with E-state index in [4.69, 9.17) is 13.9 Å². The summed E-state index contributed by atoms with van der Waals surface area (Å²) in [5.74, 6) is 0.0609. The molecule has 0 amide bonds. The van der Waals surface area contributed by atoms with E-state index in [-0.39, 0.29) is 29.8 Å². The van der Waals surface area contributed by atoms with Crippen molar-refractivity contribution in [2.24, 2.45) is 11.8 Å². The predicted molar refractivity (Wildman–Crippen MR) is 90.3 cm³/mol. The van der Waals surface area contributed by atoms with Crippen LogP contribution in [0, 0.1) is 11.8 Å². The highest BCUT2D eigenvalue weighted by molar-refractivity contribution is 6.74. The van der Waals surface area contributed by atoms with Gasteiger partial charge < -0.3 is 19.0 Å². The maximum atomic E-state index is 9.86. The first-order valence-electron chi connectivity index (χ1n) is 8.64. The van der Waals surface area contributed by atoms with Crippen molar-refractivity contribution in [3.8, 4) is 0 Å². The standard InChI is InChI=1S/C17H34O4Si/c1-12-13(2)17(9-8-10-19-17)20-14(11-18)15(12)21-22(6,7)16(3,4)5/h12-15,18H,8-11H2,1-7H3/t12-,13-,14-,15+,17?/m0/s1. The molecule has 0 aromatic rings. The highest BCUT2D eigenvalue weighted by Crippen LogP contribution is 2.47. The fraction of sp³-hybridized carbons (Fsp3) is 1.00. The number of rotatable bonds is 3. The zero-order valence-electron chi connectivity index (χ0n) is 15.3. The van der Waals surface area contributed by atoms with Gasteiger partial charge in [-0.2, -0.15) is 0 Å². The Balaban J connectivity index is 2.21. The topological polar surface area (TPSA) is 47.9 Å². The van der Waals surface area contributed by atoms with E-state index in [1.54, 1.807) is 0 Å². The molecule has 2 heterocycles. The molecule has 2 rings (SSSR count). The second-order valence-corrected chi connectivity index (χ2v) is 13.3. The molecule has 1 unspecified atom stereocenters. The molecule has 0 aromatic carbocycles. The Labute approximate surface area is 136 Å². The molecule has 0 aromatic heterocycles. The number of hydrogen-bond donors (Lipinski definition) is 1. The van der Waals surface area contributed by atoms with Gasteiger partial charge in [-0.1, -0.05) is 34.6 Å². The van der Waals surface area contributed by atoms with Crippen LogP contribution in [-0.2, 0) is 13.9 Å². The Morgan fingerprint density at radius 1 is 1.27 bits per heavy atom. The Morgan fingerprint density at radius 3 is 2.36 bits per heavy atom. The van der Waals surface area contributed by atoms with Crippen LogP contribution in [-0.4, -0.2) is 44.6 Å². The average Bonchev–Trinajstić information content (AvgIpc) is 2.88. The molecule has 2 aliphatic rings. The molecule has 22 heavy (non-hydrogen) atoms. The van der Waals surface area contributed by atoms with Gasteiger partial charge in [-0.3, -0.25) is 0 Å². The lowest BCUT2D eigenvalue weighted by Crippen LogP contribution is -2.61. The van der Waals surface area contributed by atoms with E-state index in [0.717, 1.165) is 19.4 Å². The smallest absolute Gasteiger partial charge is 0.192 e. The molecule has 130 valence electrons. The molecular formula is C17H34O4Si. The lowest BCUT2D eigenvalue weighted by molar-refractivity contribution is -0.320. The molecule has 4 nitrogen and oxygen atoms in total. The lowest BCUT2D eigenvalue weighted by atomic mass is 9.78. The Hall–Kier alpha value is 0.0569. The molecule has 5 heteroatoms. The van der Waals surface area contributed by atoms with Crippen molar-refractivity contribution in [2.45, 2.75) is 83.6 Å². The molecular weight excluding hydrogens is 296 g/mol. The Morgan fingerprint density at radius 2 is 1.91 bits per heavy atom. The third-order valence-electron chi connectivity index (χ3n) is 6.15. The third-order valence-corrected chi connectivity index (χ3v) is 10.6. The van der Waals surface area contributed by atoms with Crippen LogP contribution in [0.4, 0.5) is 0 Å². The fourth-order valence-electron chi connectivity index (χ4n) is 3.38. The second kappa shape index (κ2) is 6.17. The van der Waals surface area contributed by atoms with Crippen LogP contribution in [0.1, 0.15) is 47.5 Å². The zero-order chi connectivity index (χ0) is 16.8. The van der Waals surface area contributed by atoms with E-state index in [0.29, 0.717) is 5.92 Å². The van der Waals surface area contributed by atoms with Crippen molar-refractivity contribution < 1.29 is 19.0 Å². The SMILES string of the molecule is C[C@@H]1[C@@H](O[Si](C)(C)C(C)(C)C)[C@H](CO)OC2(CCCO2)[C@H]1C. The van der Waals surface area contributed by atoms with Gasteiger partial charge in [0.05, 0.1) is 19.3 Å². The maximum Gasteiger partial charge on any atom is 0.192 e. The van der Waals surface area contributed by atoms with Crippen molar-refractivity contribution in [1.82, 2.24) is 0 Å². The minimum Gasteiger partial charge on any atom is -0.411 e. The summed E-state index contributed by atoms with van der Waals surface area (Å²) in [6.45, 7) is 16.4. The van der Waals surface area contributed by atoms with Gasteiger partial charge in [-0.05, 0) is 30.5 Å². The van der Waals surface area contributed by atoms with Crippen LogP contribution in [0.25, 0.3) is 0 Å². The molecule has 2 fully saturated rings. The lowest BCUT2D eigenvalue weighted by Gasteiger charge is -2.52. The van der Waals surface area contributed by atoms with Crippen molar-refractivity contribution in [1.29, 1.82) is 0 Å². The van der Waals surface area contributed by atoms with E-state index in [1.165, 1.54) is 0 Å². The third kappa shape index (κ3) is 3.15. The first kappa shape index (κ1) is 18.4. The van der Waals surface area contributed by atoms with E-state index in [2.05, 4.69) is 47.7 Å². The molecule has 5 atom stereocenters. The van der Waals surface area contributed by atoms with Crippen LogP contribution in [0.15, 0.2) is 0 Å². The minimum absolute atomic E-state index is 0.0124. The van der Waals surface area contributed by atoms with Gasteiger partial charge in [-0.15, -0.1) is 0 Å². The average molecular weight is 331 g/mol. The molecule has 2 saturated heterocycles. The summed E-state index contributed by atoms with van der Waals surface area (Å²) in [7, 11) is -1.90. The molecule has 0 saturated carbocycles. The number of hydrogen-bond acceptors (Lipinski definition) is 4. The van der Waals surface area contributed by atoms with Gasteiger partial charge in [0.25, 0.3) is 0 Å². The highest BCUT2D eigenvalue weighted by Gasteiger charge is 2.55. The van der Waals surface area contributed by atoms with Gasteiger partial charge in [0.2, 0.25) is 0 Å². The fourth-order valence-corrected chi connectivity index (χ4v) is 4.78. The zero-order valence-corrected chi connectivity index (χ0v) is 16.3. The van der Waals surface area contributed by atoms with Crippen molar-refractivity contribution in [3.63, 3.8) is 0 Å². The molecule has 0 aliphatic carbocycles. The maximum absolute atomic E-state index is 9.86. The summed E-state index contributed by atoms with van der Waals surface area (Å²) < 4.78 is 18.9. The number of aliphatic hydroxyl groups excluding tert-OH is 1. The summed E-state index contributed by atoms with van der Waals surface area (Å²) in [5, 5.41) is 10.0. The van der Waals surface area contributed by atoms with E-state index in [9.17, 15) is 5.11 Å². The monoisotopic (exact) mass is 330 g/mol. The predicted octanol–water partition coefficient (Wildman–Crippen LogP) is 3.55. The summed E-state index contributed by atoms with van der Waals surface area (Å²) in [6.07, 6.45) is 1.60. The number of ether oxygens (including phenoxy) is 2. The largest absolute Gasteiger partial charge is 0.411 e. The molecule has 2 aliphatic heterocycles. The van der Waals surface area contributed by atoms with E-state index in [1.807, 2.05) is 0 Å². The van der Waals surface area contributed by atoms with Gasteiger partial charge in [0, 0.05) is 12.3 Å². The van der Waals surface area contributed by atoms with Crippen LogP contribution < -0.4 is 0 Å². The first-order chi connectivity index (χ1) is 10.0. The molecule has 0 bridgehead atoms. The van der Waals surface area contributed by atoms with E-state index >= 15 is 0 Å². The summed E-state index contributed by atoms with van der Waals surface area (Å²) in [4.78, 5) is 0. The van der Waals surface area contributed by atoms with Crippen LogP contribution in [0.2, 0.25) is 18.1 Å². The molecule has 1 N–H and O–H groups in total. The van der Waals surface area contributed by atoms with Crippen molar-refractivity contribution >= 4 is 8.32 Å². The molecule has 1 spiro atoms. The number of aliphatic hydroxyl groups is 1.